The lowest BCUT2D eigenvalue weighted by molar-refractivity contribution is -0.145. The van der Waals surface area contributed by atoms with Crippen molar-refractivity contribution in [3.63, 3.8) is 0 Å². The fraction of sp³-hybridized carbons (Fsp3) is 0.353. The molecule has 1 amide bonds. The first-order valence-corrected chi connectivity index (χ1v) is 7.90. The fourth-order valence-electron chi connectivity index (χ4n) is 3.07. The molecule has 0 aliphatic carbocycles. The third kappa shape index (κ3) is 3.05. The molecule has 26 heavy (non-hydrogen) atoms. The van der Waals surface area contributed by atoms with Crippen LogP contribution in [0.4, 0.5) is 8.78 Å². The van der Waals surface area contributed by atoms with Crippen LogP contribution in [0.3, 0.4) is 0 Å². The summed E-state index contributed by atoms with van der Waals surface area (Å²) in [5.41, 5.74) is 0.469. The van der Waals surface area contributed by atoms with Crippen molar-refractivity contribution >= 4 is 11.9 Å². The molecule has 0 unspecified atom stereocenters. The number of aliphatic hydroxyl groups is 1. The van der Waals surface area contributed by atoms with E-state index in [2.05, 4.69) is 9.84 Å². The van der Waals surface area contributed by atoms with Crippen LogP contribution in [0.25, 0.3) is 5.69 Å². The molecule has 0 radical (unpaired) electrons. The van der Waals surface area contributed by atoms with E-state index >= 15 is 0 Å². The molecule has 1 fully saturated rings. The molecule has 1 saturated heterocycles. The number of nitrogens with zero attached hydrogens (tertiary/aromatic N) is 3. The summed E-state index contributed by atoms with van der Waals surface area (Å²) in [4.78, 5) is 25.9. The van der Waals surface area contributed by atoms with Crippen LogP contribution in [0.15, 0.2) is 24.4 Å². The number of rotatable bonds is 3. The van der Waals surface area contributed by atoms with Gasteiger partial charge in [-0.1, -0.05) is 0 Å². The van der Waals surface area contributed by atoms with Crippen molar-refractivity contribution in [3.8, 4) is 5.69 Å². The molecular weight excluding hydrogens is 348 g/mol. The summed E-state index contributed by atoms with van der Waals surface area (Å²) >= 11 is 0. The number of ether oxygens (including phenoxy) is 1. The van der Waals surface area contributed by atoms with Crippen molar-refractivity contribution in [1.82, 2.24) is 14.7 Å². The van der Waals surface area contributed by atoms with Crippen LogP contribution in [0, 0.1) is 18.6 Å². The Kier molecular flexibility index (Phi) is 4.73. The summed E-state index contributed by atoms with van der Waals surface area (Å²) in [6.45, 7) is 1.54. The molecule has 1 aromatic heterocycles. The van der Waals surface area contributed by atoms with Gasteiger partial charge >= 0.3 is 5.97 Å². The number of methoxy groups -OCH3 is 1. The van der Waals surface area contributed by atoms with Gasteiger partial charge in [0.05, 0.1) is 30.7 Å². The van der Waals surface area contributed by atoms with Crippen LogP contribution in [0.1, 0.15) is 22.5 Å². The van der Waals surface area contributed by atoms with Crippen LogP contribution in [-0.2, 0) is 9.53 Å². The lowest BCUT2D eigenvalue weighted by Gasteiger charge is -2.22. The average Bonchev–Trinajstić information content (AvgIpc) is 3.17. The van der Waals surface area contributed by atoms with Crippen molar-refractivity contribution in [2.45, 2.75) is 25.5 Å². The third-order valence-corrected chi connectivity index (χ3v) is 4.39. The quantitative estimate of drug-likeness (QED) is 0.827. The Bertz CT molecular complexity index is 868. The summed E-state index contributed by atoms with van der Waals surface area (Å²) in [5, 5.41) is 13.8. The summed E-state index contributed by atoms with van der Waals surface area (Å²) in [5.74, 6) is -2.69. The number of hydrogen-bond donors (Lipinski definition) is 1. The van der Waals surface area contributed by atoms with Crippen molar-refractivity contribution in [2.75, 3.05) is 13.7 Å². The van der Waals surface area contributed by atoms with Gasteiger partial charge in [0.1, 0.15) is 17.5 Å². The molecule has 1 aliphatic rings. The molecule has 2 heterocycles. The largest absolute Gasteiger partial charge is 0.467 e. The molecule has 1 aromatic carbocycles. The van der Waals surface area contributed by atoms with Crippen LogP contribution in [0.2, 0.25) is 0 Å². The highest BCUT2D eigenvalue weighted by Gasteiger charge is 2.40. The van der Waals surface area contributed by atoms with E-state index < -0.39 is 35.7 Å². The molecule has 2 atom stereocenters. The predicted molar refractivity (Wildman–Crippen MR) is 85.7 cm³/mol. The van der Waals surface area contributed by atoms with Gasteiger partial charge in [-0.15, -0.1) is 0 Å². The molecule has 0 saturated carbocycles. The number of halogens is 2. The second-order valence-electron chi connectivity index (χ2n) is 6.04. The maximum Gasteiger partial charge on any atom is 0.328 e. The number of benzene rings is 1. The average molecular weight is 365 g/mol. The van der Waals surface area contributed by atoms with E-state index in [0.717, 1.165) is 12.1 Å². The Hall–Kier alpha value is -2.81. The molecule has 138 valence electrons. The maximum absolute atomic E-state index is 14.0. The van der Waals surface area contributed by atoms with Crippen molar-refractivity contribution < 1.29 is 28.2 Å². The number of amides is 1. The SMILES string of the molecule is COC(=O)[C@H]1C[C@@H](O)CN1C(=O)c1cnn(-c2ccc(F)cc2F)c1C. The Morgan fingerprint density at radius 1 is 1.35 bits per heavy atom. The number of likely N-dealkylation sites (tertiary alicyclic amines) is 1. The standard InChI is InChI=1S/C17H17F2N3O4/c1-9-12(7-20-22(9)14-4-3-10(18)5-13(14)19)16(24)21-8-11(23)6-15(21)17(25)26-2/h3-5,7,11,15,23H,6,8H2,1-2H3/t11-,15-/m1/s1. The molecule has 3 rings (SSSR count). The van der Waals surface area contributed by atoms with E-state index in [0.29, 0.717) is 5.69 Å². The predicted octanol–water partition coefficient (Wildman–Crippen LogP) is 1.21. The minimum atomic E-state index is -0.896. The highest BCUT2D eigenvalue weighted by atomic mass is 19.1. The highest BCUT2D eigenvalue weighted by molar-refractivity contribution is 5.98. The van der Waals surface area contributed by atoms with E-state index in [4.69, 9.17) is 0 Å². The number of carbonyl (C=O) groups excluding carboxylic acids is 2. The Morgan fingerprint density at radius 2 is 2.08 bits per heavy atom. The first-order valence-electron chi connectivity index (χ1n) is 7.90. The lowest BCUT2D eigenvalue weighted by Crippen LogP contribution is -2.41. The summed E-state index contributed by atoms with van der Waals surface area (Å²) < 4.78 is 33.0. The summed E-state index contributed by atoms with van der Waals surface area (Å²) in [7, 11) is 1.20. The van der Waals surface area contributed by atoms with Crippen LogP contribution < -0.4 is 0 Å². The van der Waals surface area contributed by atoms with Gasteiger partial charge in [-0.05, 0) is 19.1 Å². The molecule has 9 heteroatoms. The van der Waals surface area contributed by atoms with Crippen molar-refractivity contribution in [2.24, 2.45) is 0 Å². The number of aromatic nitrogens is 2. The minimum Gasteiger partial charge on any atom is -0.467 e. The zero-order valence-corrected chi connectivity index (χ0v) is 14.1. The first-order chi connectivity index (χ1) is 12.3. The second kappa shape index (κ2) is 6.83. The first kappa shape index (κ1) is 18.0. The second-order valence-corrected chi connectivity index (χ2v) is 6.04. The monoisotopic (exact) mass is 365 g/mol. The molecule has 0 spiro atoms. The number of β-amino-alcohol motifs (C(OH)–C–C–N with tert-alkyl or cyclic N) is 1. The van der Waals surface area contributed by atoms with E-state index in [-0.39, 0.29) is 24.2 Å². The third-order valence-electron chi connectivity index (χ3n) is 4.39. The lowest BCUT2D eigenvalue weighted by atomic mass is 10.2. The molecule has 1 N–H and O–H groups in total. The van der Waals surface area contributed by atoms with Gasteiger partial charge in [-0.3, -0.25) is 4.79 Å². The van der Waals surface area contributed by atoms with Gasteiger partial charge in [-0.25, -0.2) is 18.3 Å². The van der Waals surface area contributed by atoms with Gasteiger partial charge in [0.15, 0.2) is 5.82 Å². The Balaban J connectivity index is 1.94. The number of aliphatic hydroxyl groups excluding tert-OH is 1. The Labute approximate surface area is 147 Å². The molecule has 7 nitrogen and oxygen atoms in total. The molecule has 0 bridgehead atoms. The zero-order valence-electron chi connectivity index (χ0n) is 14.1. The topological polar surface area (TPSA) is 84.7 Å². The molecule has 1 aliphatic heterocycles. The number of hydrogen-bond acceptors (Lipinski definition) is 5. The van der Waals surface area contributed by atoms with Gasteiger partial charge in [0, 0.05) is 19.0 Å². The van der Waals surface area contributed by atoms with Gasteiger partial charge in [0.25, 0.3) is 5.91 Å². The van der Waals surface area contributed by atoms with Gasteiger partial charge in [0.2, 0.25) is 0 Å². The van der Waals surface area contributed by atoms with E-state index in [1.807, 2.05) is 0 Å². The van der Waals surface area contributed by atoms with E-state index in [1.165, 1.54) is 29.0 Å². The van der Waals surface area contributed by atoms with Crippen molar-refractivity contribution in [1.29, 1.82) is 0 Å². The van der Waals surface area contributed by atoms with E-state index in [9.17, 15) is 23.5 Å². The summed E-state index contributed by atoms with van der Waals surface area (Å²) in [6.07, 6.45) is 0.491. The molecule has 2 aromatic rings. The molecular formula is C17H17F2N3O4. The van der Waals surface area contributed by atoms with E-state index in [1.54, 1.807) is 6.92 Å². The minimum absolute atomic E-state index is 0.00563. The summed E-state index contributed by atoms with van der Waals surface area (Å²) in [6, 6.07) is 2.14. The van der Waals surface area contributed by atoms with Crippen molar-refractivity contribution in [3.05, 3.63) is 47.3 Å². The van der Waals surface area contributed by atoms with Crippen LogP contribution in [-0.4, -0.2) is 57.5 Å². The highest BCUT2D eigenvalue weighted by Crippen LogP contribution is 2.24. The maximum atomic E-state index is 14.0. The van der Waals surface area contributed by atoms with Gasteiger partial charge < -0.3 is 14.7 Å². The van der Waals surface area contributed by atoms with Crippen LogP contribution in [0.5, 0.6) is 0 Å². The van der Waals surface area contributed by atoms with Gasteiger partial charge in [-0.2, -0.15) is 5.10 Å². The zero-order chi connectivity index (χ0) is 19.0. The fourth-order valence-corrected chi connectivity index (χ4v) is 3.07. The number of esters is 1. The smallest absolute Gasteiger partial charge is 0.328 e. The van der Waals surface area contributed by atoms with Crippen LogP contribution >= 0.6 is 0 Å². The number of carbonyl (C=O) groups is 2. The normalized spacial score (nSPS) is 19.7. The Morgan fingerprint density at radius 3 is 2.73 bits per heavy atom.